The van der Waals surface area contributed by atoms with Gasteiger partial charge >= 0.3 is 5.63 Å². The average molecular weight is 384 g/mol. The molecule has 1 aromatic heterocycles. The van der Waals surface area contributed by atoms with E-state index >= 15 is 0 Å². The highest BCUT2D eigenvalue weighted by molar-refractivity contribution is 6.37. The summed E-state index contributed by atoms with van der Waals surface area (Å²) in [6.45, 7) is 1.42. The number of rotatable bonds is 3. The number of hydrogen-bond acceptors (Lipinski definition) is 6. The zero-order valence-electron chi connectivity index (χ0n) is 12.7. The molecule has 0 saturated heterocycles. The molecule has 1 aliphatic heterocycles. The number of benzene rings is 1. The second-order valence-electron chi connectivity index (χ2n) is 5.63. The Morgan fingerprint density at radius 2 is 1.96 bits per heavy atom. The summed E-state index contributed by atoms with van der Waals surface area (Å²) < 4.78 is 4.78. The second kappa shape index (κ2) is 5.87. The molecule has 1 aliphatic rings. The maximum Gasteiger partial charge on any atom is 0.350 e. The highest BCUT2D eigenvalue weighted by Gasteiger charge is 2.48. The standard InChI is InChI=1S/C16H11Cl2NO6/c1-6-2-10(20)12(14(22)25-6)11(21)5-16(24)8-3-7(17)4-9(18)13(8)19-15(16)23/h2-4,20,24H,5H2,1H3,(H,19,23)/t16-/m1/s1. The molecule has 0 spiro atoms. The van der Waals surface area contributed by atoms with E-state index in [1.54, 1.807) is 0 Å². The van der Waals surface area contributed by atoms with Crippen LogP contribution in [0.15, 0.2) is 27.4 Å². The van der Waals surface area contributed by atoms with E-state index in [2.05, 4.69) is 5.32 Å². The van der Waals surface area contributed by atoms with Crippen molar-refractivity contribution >= 4 is 40.6 Å². The zero-order valence-corrected chi connectivity index (χ0v) is 14.2. The lowest BCUT2D eigenvalue weighted by Crippen LogP contribution is -2.37. The van der Waals surface area contributed by atoms with Gasteiger partial charge in [0.2, 0.25) is 0 Å². The SMILES string of the molecule is Cc1cc(O)c(C(=O)C[C@]2(O)C(=O)Nc3c(Cl)cc(Cl)cc32)c(=O)o1. The maximum atomic E-state index is 12.5. The largest absolute Gasteiger partial charge is 0.507 e. The van der Waals surface area contributed by atoms with E-state index in [1.807, 2.05) is 0 Å². The van der Waals surface area contributed by atoms with Crippen molar-refractivity contribution in [1.82, 2.24) is 0 Å². The van der Waals surface area contributed by atoms with Crippen molar-refractivity contribution in [3.63, 3.8) is 0 Å². The van der Waals surface area contributed by atoms with Gasteiger partial charge in [0.15, 0.2) is 11.4 Å². The number of aromatic hydroxyl groups is 1. The zero-order chi connectivity index (χ0) is 18.5. The molecular formula is C16H11Cl2NO6. The number of carbonyl (C=O) groups is 2. The first kappa shape index (κ1) is 17.5. The fourth-order valence-corrected chi connectivity index (χ4v) is 3.26. The van der Waals surface area contributed by atoms with E-state index in [0.717, 1.165) is 6.07 Å². The fraction of sp³-hybridized carbons (Fsp3) is 0.188. The molecule has 1 atom stereocenters. The first-order valence-electron chi connectivity index (χ1n) is 7.03. The molecule has 25 heavy (non-hydrogen) atoms. The van der Waals surface area contributed by atoms with Crippen LogP contribution in [0.1, 0.15) is 28.1 Å². The van der Waals surface area contributed by atoms with Gasteiger partial charge in [0, 0.05) is 16.7 Å². The molecule has 0 saturated carbocycles. The number of halogens is 2. The first-order chi connectivity index (χ1) is 11.6. The summed E-state index contributed by atoms with van der Waals surface area (Å²) in [4.78, 5) is 36.5. The topological polar surface area (TPSA) is 117 Å². The van der Waals surface area contributed by atoms with E-state index in [4.69, 9.17) is 27.6 Å². The van der Waals surface area contributed by atoms with Crippen LogP contribution in [0, 0.1) is 6.92 Å². The molecule has 3 N–H and O–H groups in total. The molecule has 1 aromatic carbocycles. The summed E-state index contributed by atoms with van der Waals surface area (Å²) in [6, 6.07) is 3.76. The van der Waals surface area contributed by atoms with Gasteiger partial charge in [0.05, 0.1) is 17.1 Å². The summed E-state index contributed by atoms with van der Waals surface area (Å²) in [5.41, 5.74) is -3.85. The number of Topliss-reactive ketones (excluding diaryl/α,β-unsaturated/α-hetero) is 1. The number of amides is 1. The predicted molar refractivity (Wildman–Crippen MR) is 89.3 cm³/mol. The summed E-state index contributed by atoms with van der Waals surface area (Å²) in [5.74, 6) is -2.34. The Hall–Kier alpha value is -2.35. The number of aliphatic hydroxyl groups is 1. The molecule has 7 nitrogen and oxygen atoms in total. The predicted octanol–water partition coefficient (Wildman–Crippen LogP) is 2.37. The molecule has 130 valence electrons. The van der Waals surface area contributed by atoms with Crippen molar-refractivity contribution in [3.05, 3.63) is 55.6 Å². The maximum absolute atomic E-state index is 12.5. The second-order valence-corrected chi connectivity index (χ2v) is 6.47. The van der Waals surface area contributed by atoms with Gasteiger partial charge in [-0.25, -0.2) is 4.79 Å². The Balaban J connectivity index is 2.06. The molecule has 0 unspecified atom stereocenters. The van der Waals surface area contributed by atoms with Crippen molar-refractivity contribution in [1.29, 1.82) is 0 Å². The Bertz CT molecular complexity index is 983. The number of anilines is 1. The van der Waals surface area contributed by atoms with E-state index in [-0.39, 0.29) is 27.1 Å². The number of carbonyl (C=O) groups excluding carboxylic acids is 2. The highest BCUT2D eigenvalue weighted by atomic mass is 35.5. The van der Waals surface area contributed by atoms with Gasteiger partial charge in [-0.2, -0.15) is 0 Å². The van der Waals surface area contributed by atoms with Crippen LogP contribution in [-0.2, 0) is 10.4 Å². The molecule has 9 heteroatoms. The smallest absolute Gasteiger partial charge is 0.350 e. The lowest BCUT2D eigenvalue weighted by molar-refractivity contribution is -0.133. The Morgan fingerprint density at radius 3 is 2.60 bits per heavy atom. The number of fused-ring (bicyclic) bond motifs is 1. The molecule has 0 bridgehead atoms. The van der Waals surface area contributed by atoms with Crippen LogP contribution in [0.3, 0.4) is 0 Å². The monoisotopic (exact) mass is 383 g/mol. The van der Waals surface area contributed by atoms with Gasteiger partial charge in [0.25, 0.3) is 5.91 Å². The summed E-state index contributed by atoms with van der Waals surface area (Å²) in [6.07, 6.45) is -0.802. The molecular weight excluding hydrogens is 373 g/mol. The quantitative estimate of drug-likeness (QED) is 0.700. The van der Waals surface area contributed by atoms with Crippen LogP contribution >= 0.6 is 23.2 Å². The number of nitrogens with one attached hydrogen (secondary N) is 1. The van der Waals surface area contributed by atoms with Crippen molar-refractivity contribution in [2.45, 2.75) is 18.9 Å². The molecule has 2 aromatic rings. The van der Waals surface area contributed by atoms with Gasteiger partial charge in [0.1, 0.15) is 17.1 Å². The van der Waals surface area contributed by atoms with Gasteiger partial charge in [-0.05, 0) is 19.1 Å². The minimum atomic E-state index is -2.29. The number of ketones is 1. The summed E-state index contributed by atoms with van der Waals surface area (Å²) >= 11 is 11.9. The highest BCUT2D eigenvalue weighted by Crippen LogP contribution is 2.44. The van der Waals surface area contributed by atoms with Gasteiger partial charge < -0.3 is 19.9 Å². The van der Waals surface area contributed by atoms with Gasteiger partial charge in [-0.3, -0.25) is 9.59 Å². The third-order valence-electron chi connectivity index (χ3n) is 3.86. The Morgan fingerprint density at radius 1 is 1.28 bits per heavy atom. The average Bonchev–Trinajstić information content (AvgIpc) is 2.71. The van der Waals surface area contributed by atoms with E-state index in [0.29, 0.717) is 0 Å². The van der Waals surface area contributed by atoms with E-state index < -0.39 is 40.7 Å². The van der Waals surface area contributed by atoms with Gasteiger partial charge in [-0.15, -0.1) is 0 Å². The van der Waals surface area contributed by atoms with Crippen LogP contribution in [0.5, 0.6) is 5.75 Å². The molecule has 0 fully saturated rings. The van der Waals surface area contributed by atoms with Crippen LogP contribution in [0.4, 0.5) is 5.69 Å². The van der Waals surface area contributed by atoms with E-state index in [1.165, 1.54) is 19.1 Å². The lowest BCUT2D eigenvalue weighted by atomic mass is 9.88. The van der Waals surface area contributed by atoms with Crippen molar-refractivity contribution < 1.29 is 24.2 Å². The number of aryl methyl sites for hydroxylation is 1. The third-order valence-corrected chi connectivity index (χ3v) is 4.38. The fourth-order valence-electron chi connectivity index (χ4n) is 2.71. The first-order valence-corrected chi connectivity index (χ1v) is 7.79. The molecule has 1 amide bonds. The van der Waals surface area contributed by atoms with Crippen LogP contribution < -0.4 is 10.9 Å². The van der Waals surface area contributed by atoms with Crippen LogP contribution in [0.2, 0.25) is 10.0 Å². The van der Waals surface area contributed by atoms with Crippen molar-refractivity contribution in [2.24, 2.45) is 0 Å². The van der Waals surface area contributed by atoms with Gasteiger partial charge in [-0.1, -0.05) is 23.2 Å². The van der Waals surface area contributed by atoms with Crippen molar-refractivity contribution in [3.8, 4) is 5.75 Å². The lowest BCUT2D eigenvalue weighted by Gasteiger charge is -2.20. The normalized spacial score (nSPS) is 18.8. The van der Waals surface area contributed by atoms with Crippen LogP contribution in [0.25, 0.3) is 0 Å². The molecule has 3 rings (SSSR count). The minimum absolute atomic E-state index is 0.0133. The van der Waals surface area contributed by atoms with Crippen LogP contribution in [-0.4, -0.2) is 21.9 Å². The third kappa shape index (κ3) is 2.80. The van der Waals surface area contributed by atoms with Crippen molar-refractivity contribution in [2.75, 3.05) is 5.32 Å². The number of hydrogen-bond donors (Lipinski definition) is 3. The molecule has 2 heterocycles. The van der Waals surface area contributed by atoms with E-state index in [9.17, 15) is 24.6 Å². The summed E-state index contributed by atoms with van der Waals surface area (Å²) in [7, 11) is 0. The minimum Gasteiger partial charge on any atom is -0.507 e. The molecule has 0 aliphatic carbocycles. The summed E-state index contributed by atoms with van der Waals surface area (Å²) in [5, 5.41) is 23.2. The Labute approximate surface area is 150 Å². The Kier molecular flexibility index (Phi) is 4.10. The molecule has 0 radical (unpaired) electrons.